The Morgan fingerprint density at radius 1 is 1.17 bits per heavy atom. The molecule has 0 spiro atoms. The maximum Gasteiger partial charge on any atom is 0.337 e. The number of hydrogen-bond acceptors (Lipinski definition) is 5. The zero-order chi connectivity index (χ0) is 21.5. The van der Waals surface area contributed by atoms with Crippen LogP contribution in [0.5, 0.6) is 0 Å². The van der Waals surface area contributed by atoms with Gasteiger partial charge >= 0.3 is 5.97 Å². The number of carbonyl (C=O) groups is 3. The third-order valence-corrected chi connectivity index (χ3v) is 5.20. The van der Waals surface area contributed by atoms with E-state index in [-0.39, 0.29) is 24.3 Å². The van der Waals surface area contributed by atoms with Crippen molar-refractivity contribution in [3.63, 3.8) is 0 Å². The van der Waals surface area contributed by atoms with Crippen LogP contribution in [0, 0.1) is 0 Å². The summed E-state index contributed by atoms with van der Waals surface area (Å²) in [6.07, 6.45) is 2.16. The smallest absolute Gasteiger partial charge is 0.337 e. The number of esters is 1. The largest absolute Gasteiger partial charge is 0.465 e. The summed E-state index contributed by atoms with van der Waals surface area (Å²) >= 11 is 0. The first kappa shape index (κ1) is 21.5. The van der Waals surface area contributed by atoms with Gasteiger partial charge in [0.15, 0.2) is 0 Å². The molecule has 0 radical (unpaired) electrons. The van der Waals surface area contributed by atoms with Crippen LogP contribution in [0.4, 0.5) is 5.69 Å². The van der Waals surface area contributed by atoms with Crippen LogP contribution in [0.25, 0.3) is 0 Å². The number of carbonyl (C=O) groups excluding carboxylic acids is 3. The molecule has 0 aliphatic carbocycles. The Balaban J connectivity index is 1.59. The van der Waals surface area contributed by atoms with Crippen molar-refractivity contribution in [2.24, 2.45) is 5.73 Å². The van der Waals surface area contributed by atoms with Crippen LogP contribution >= 0.6 is 0 Å². The van der Waals surface area contributed by atoms with E-state index in [1.807, 2.05) is 30.3 Å². The van der Waals surface area contributed by atoms with Gasteiger partial charge in [-0.15, -0.1) is 0 Å². The lowest BCUT2D eigenvalue weighted by Gasteiger charge is -2.25. The quantitative estimate of drug-likeness (QED) is 0.684. The molecule has 2 aromatic carbocycles. The summed E-state index contributed by atoms with van der Waals surface area (Å²) in [6.45, 7) is 0.539. The molecule has 1 heterocycles. The Kier molecular flexibility index (Phi) is 7.19. The second kappa shape index (κ2) is 10.0. The Morgan fingerprint density at radius 3 is 2.67 bits per heavy atom. The topological polar surface area (TPSA) is 102 Å². The van der Waals surface area contributed by atoms with Crippen molar-refractivity contribution in [1.29, 1.82) is 0 Å². The van der Waals surface area contributed by atoms with Crippen LogP contribution in [-0.4, -0.2) is 48.4 Å². The van der Waals surface area contributed by atoms with Gasteiger partial charge in [-0.2, -0.15) is 0 Å². The molecule has 0 bridgehead atoms. The molecule has 0 aromatic heterocycles. The van der Waals surface area contributed by atoms with Crippen LogP contribution in [0.1, 0.15) is 35.2 Å². The Bertz CT molecular complexity index is 900. The molecule has 1 saturated heterocycles. The summed E-state index contributed by atoms with van der Waals surface area (Å²) in [5, 5.41) is 2.81. The van der Waals surface area contributed by atoms with E-state index < -0.39 is 12.0 Å². The van der Waals surface area contributed by atoms with Crippen LogP contribution in [0.3, 0.4) is 0 Å². The van der Waals surface area contributed by atoms with Crippen molar-refractivity contribution >= 4 is 23.5 Å². The number of nitrogens with one attached hydrogen (secondary N) is 1. The fourth-order valence-corrected chi connectivity index (χ4v) is 3.74. The van der Waals surface area contributed by atoms with E-state index >= 15 is 0 Å². The molecule has 30 heavy (non-hydrogen) atoms. The van der Waals surface area contributed by atoms with E-state index in [0.717, 1.165) is 12.0 Å². The van der Waals surface area contributed by atoms with Crippen molar-refractivity contribution in [2.45, 2.75) is 37.8 Å². The minimum absolute atomic E-state index is 0.112. The normalized spacial score (nSPS) is 16.7. The fourth-order valence-electron chi connectivity index (χ4n) is 3.74. The van der Waals surface area contributed by atoms with Gasteiger partial charge in [0.05, 0.1) is 12.7 Å². The third-order valence-electron chi connectivity index (χ3n) is 5.20. The van der Waals surface area contributed by atoms with E-state index in [2.05, 4.69) is 5.32 Å². The Hall–Kier alpha value is -3.19. The van der Waals surface area contributed by atoms with Crippen LogP contribution < -0.4 is 11.1 Å². The first-order valence-corrected chi connectivity index (χ1v) is 10.1. The van der Waals surface area contributed by atoms with Gasteiger partial charge in [-0.1, -0.05) is 36.4 Å². The predicted octanol–water partition coefficient (Wildman–Crippen LogP) is 2.36. The molecule has 2 atom stereocenters. The monoisotopic (exact) mass is 409 g/mol. The molecule has 3 N–H and O–H groups in total. The highest BCUT2D eigenvalue weighted by Gasteiger charge is 2.34. The molecule has 2 amide bonds. The molecular weight excluding hydrogens is 382 g/mol. The number of methoxy groups -OCH3 is 1. The first-order valence-electron chi connectivity index (χ1n) is 10.1. The number of nitrogens with zero attached hydrogens (tertiary/aromatic N) is 1. The minimum atomic E-state index is -0.539. The summed E-state index contributed by atoms with van der Waals surface area (Å²) in [5.74, 6) is -0.852. The number of nitrogens with two attached hydrogens (primary N) is 1. The summed E-state index contributed by atoms with van der Waals surface area (Å²) < 4.78 is 4.71. The zero-order valence-corrected chi connectivity index (χ0v) is 17.0. The van der Waals surface area contributed by atoms with E-state index in [4.69, 9.17) is 10.5 Å². The van der Waals surface area contributed by atoms with E-state index in [0.29, 0.717) is 30.6 Å². The lowest BCUT2D eigenvalue weighted by atomic mass is 10.0. The number of anilines is 1. The molecule has 2 aromatic rings. The van der Waals surface area contributed by atoms with Crippen LogP contribution in [0.2, 0.25) is 0 Å². The van der Waals surface area contributed by atoms with Crippen molar-refractivity contribution in [3.8, 4) is 0 Å². The van der Waals surface area contributed by atoms with Crippen LogP contribution in [0.15, 0.2) is 54.6 Å². The molecule has 7 heteroatoms. The minimum Gasteiger partial charge on any atom is -0.465 e. The summed E-state index contributed by atoms with van der Waals surface area (Å²) in [4.78, 5) is 38.9. The Morgan fingerprint density at radius 2 is 1.93 bits per heavy atom. The Labute approximate surface area is 176 Å². The van der Waals surface area contributed by atoms with E-state index in [1.165, 1.54) is 7.11 Å². The number of ether oxygens (including phenoxy) is 1. The summed E-state index contributed by atoms with van der Waals surface area (Å²) in [5.41, 5.74) is 8.11. The fraction of sp³-hybridized carbons (Fsp3) is 0.348. The maximum absolute atomic E-state index is 12.8. The van der Waals surface area contributed by atoms with Crippen LogP contribution in [-0.2, 0) is 20.7 Å². The van der Waals surface area contributed by atoms with Gasteiger partial charge in [0.1, 0.15) is 6.04 Å². The van der Waals surface area contributed by atoms with Gasteiger partial charge < -0.3 is 20.7 Å². The predicted molar refractivity (Wildman–Crippen MR) is 114 cm³/mol. The maximum atomic E-state index is 12.8. The van der Waals surface area contributed by atoms with Crippen molar-refractivity contribution in [1.82, 2.24) is 4.90 Å². The molecule has 3 rings (SSSR count). The van der Waals surface area contributed by atoms with Gasteiger partial charge in [0.25, 0.3) is 0 Å². The first-order chi connectivity index (χ1) is 14.5. The van der Waals surface area contributed by atoms with Crippen molar-refractivity contribution < 1.29 is 19.1 Å². The van der Waals surface area contributed by atoms with Gasteiger partial charge in [0.2, 0.25) is 11.8 Å². The van der Waals surface area contributed by atoms with Gasteiger partial charge in [-0.05, 0) is 43.0 Å². The molecule has 0 saturated carbocycles. The van der Waals surface area contributed by atoms with E-state index in [9.17, 15) is 14.4 Å². The number of hydrogen-bond donors (Lipinski definition) is 2. The average Bonchev–Trinajstić information content (AvgIpc) is 3.24. The molecule has 7 nitrogen and oxygen atoms in total. The van der Waals surface area contributed by atoms with Gasteiger partial charge in [0, 0.05) is 24.7 Å². The third kappa shape index (κ3) is 5.45. The van der Waals surface area contributed by atoms with Crippen molar-refractivity contribution in [3.05, 3.63) is 65.7 Å². The second-order valence-electron chi connectivity index (χ2n) is 7.46. The molecule has 0 unspecified atom stereocenters. The summed E-state index contributed by atoms with van der Waals surface area (Å²) in [7, 11) is 1.30. The number of amides is 2. The highest BCUT2D eigenvalue weighted by Crippen LogP contribution is 2.21. The lowest BCUT2D eigenvalue weighted by molar-refractivity contribution is -0.136. The highest BCUT2D eigenvalue weighted by molar-refractivity contribution is 5.99. The SMILES string of the molecule is COC(=O)c1cccc(NC(=O)[C@@H]2CCCN2C(=O)C[C@H](N)Cc2ccccc2)c1. The van der Waals surface area contributed by atoms with E-state index in [1.54, 1.807) is 29.2 Å². The summed E-state index contributed by atoms with van der Waals surface area (Å²) in [6, 6.07) is 15.5. The molecule has 1 fully saturated rings. The number of rotatable bonds is 7. The second-order valence-corrected chi connectivity index (χ2v) is 7.46. The molecule has 1 aliphatic heterocycles. The molecule has 1 aliphatic rings. The number of likely N-dealkylation sites (tertiary alicyclic amines) is 1. The standard InChI is InChI=1S/C23H27N3O4/c1-30-23(29)17-9-5-10-19(14-17)25-22(28)20-11-6-12-26(20)21(27)15-18(24)13-16-7-3-2-4-8-16/h2-5,7-10,14,18,20H,6,11-13,15,24H2,1H3,(H,25,28)/t18-,20+/m1/s1. The highest BCUT2D eigenvalue weighted by atomic mass is 16.5. The molecular formula is C23H27N3O4. The lowest BCUT2D eigenvalue weighted by Crippen LogP contribution is -2.45. The molecule has 158 valence electrons. The van der Waals surface area contributed by atoms with Gasteiger partial charge in [-0.3, -0.25) is 9.59 Å². The zero-order valence-electron chi connectivity index (χ0n) is 17.0. The average molecular weight is 409 g/mol. The number of benzene rings is 2. The van der Waals surface area contributed by atoms with Gasteiger partial charge in [-0.25, -0.2) is 4.79 Å². The van der Waals surface area contributed by atoms with Crippen molar-refractivity contribution in [2.75, 3.05) is 19.0 Å².